The summed E-state index contributed by atoms with van der Waals surface area (Å²) in [6, 6.07) is 11.6. The van der Waals surface area contributed by atoms with Gasteiger partial charge in [-0.15, -0.1) is 0 Å². The average Bonchev–Trinajstić information content (AvgIpc) is 2.60. The number of esters is 1. The van der Waals surface area contributed by atoms with Gasteiger partial charge in [-0.25, -0.2) is 9.18 Å². The molecule has 0 saturated carbocycles. The van der Waals surface area contributed by atoms with Crippen LogP contribution in [0.25, 0.3) is 0 Å². The fraction of sp³-hybridized carbons (Fsp3) is 0.222. The van der Waals surface area contributed by atoms with Crippen molar-refractivity contribution in [1.29, 1.82) is 0 Å². The van der Waals surface area contributed by atoms with Gasteiger partial charge in [0.15, 0.2) is 11.6 Å². The summed E-state index contributed by atoms with van der Waals surface area (Å²) in [6.45, 7) is 1.42. The molecule has 0 heterocycles. The van der Waals surface area contributed by atoms with Crippen LogP contribution < -0.4 is 10.1 Å². The maximum absolute atomic E-state index is 13.3. The molecule has 1 N–H and O–H groups in total. The summed E-state index contributed by atoms with van der Waals surface area (Å²) < 4.78 is 23.5. The number of hydrogen-bond acceptors (Lipinski definition) is 4. The predicted octanol–water partition coefficient (Wildman–Crippen LogP) is 3.22. The van der Waals surface area contributed by atoms with Crippen LogP contribution >= 0.6 is 11.6 Å². The minimum absolute atomic E-state index is 0.00213. The molecular formula is C18H17ClFNO4. The topological polar surface area (TPSA) is 64.6 Å². The Morgan fingerprint density at radius 3 is 2.52 bits per heavy atom. The number of rotatable bonds is 7. The van der Waals surface area contributed by atoms with Crippen LogP contribution in [0.4, 0.5) is 4.39 Å². The van der Waals surface area contributed by atoms with E-state index in [0.29, 0.717) is 5.02 Å². The Bertz CT molecular complexity index is 753. The molecular weight excluding hydrogens is 349 g/mol. The number of halogens is 2. The fourth-order valence-corrected chi connectivity index (χ4v) is 2.18. The highest BCUT2D eigenvalue weighted by Gasteiger charge is 2.19. The Hall–Kier alpha value is -2.60. The second-order valence-electron chi connectivity index (χ2n) is 5.12. The van der Waals surface area contributed by atoms with E-state index in [0.717, 1.165) is 0 Å². The van der Waals surface area contributed by atoms with E-state index in [1.807, 2.05) is 0 Å². The van der Waals surface area contributed by atoms with Crippen molar-refractivity contribution in [2.75, 3.05) is 13.2 Å². The van der Waals surface area contributed by atoms with E-state index in [9.17, 15) is 14.0 Å². The highest BCUT2D eigenvalue weighted by Crippen LogP contribution is 2.15. The van der Waals surface area contributed by atoms with Gasteiger partial charge in [0.2, 0.25) is 0 Å². The lowest BCUT2D eigenvalue weighted by atomic mass is 10.2. The van der Waals surface area contributed by atoms with Crippen LogP contribution in [0.5, 0.6) is 5.75 Å². The van der Waals surface area contributed by atoms with Gasteiger partial charge >= 0.3 is 5.97 Å². The number of carbonyl (C=O) groups is 2. The summed E-state index contributed by atoms with van der Waals surface area (Å²) in [5.74, 6) is -1.51. The van der Waals surface area contributed by atoms with Gasteiger partial charge in [0.25, 0.3) is 5.91 Å². The molecule has 2 rings (SSSR count). The first-order chi connectivity index (χ1) is 12.0. The lowest BCUT2D eigenvalue weighted by molar-refractivity contribution is -0.146. The Kier molecular flexibility index (Phi) is 6.77. The van der Waals surface area contributed by atoms with Crippen molar-refractivity contribution in [3.8, 4) is 5.75 Å². The molecule has 0 saturated heterocycles. The van der Waals surface area contributed by atoms with Crippen LogP contribution in [0.15, 0.2) is 48.5 Å². The quantitative estimate of drug-likeness (QED) is 0.604. The second-order valence-corrected chi connectivity index (χ2v) is 5.53. The number of nitrogens with one attached hydrogen (secondary N) is 1. The smallest absolute Gasteiger partial charge is 0.328 e. The Balaban J connectivity index is 1.76. The van der Waals surface area contributed by atoms with Gasteiger partial charge in [-0.3, -0.25) is 4.79 Å². The number of para-hydroxylation sites is 1. The zero-order chi connectivity index (χ0) is 18.2. The van der Waals surface area contributed by atoms with Crippen molar-refractivity contribution in [2.45, 2.75) is 13.0 Å². The van der Waals surface area contributed by atoms with Crippen molar-refractivity contribution in [2.24, 2.45) is 0 Å². The van der Waals surface area contributed by atoms with Crippen LogP contribution in [0, 0.1) is 5.82 Å². The SMILES string of the molecule is C[C@H](NC(=O)c1ccccc1Cl)C(=O)OCCOc1ccccc1F. The lowest BCUT2D eigenvalue weighted by Crippen LogP contribution is -2.40. The Labute approximate surface area is 149 Å². The monoisotopic (exact) mass is 365 g/mol. The number of benzene rings is 2. The zero-order valence-corrected chi connectivity index (χ0v) is 14.3. The second kappa shape index (κ2) is 9.03. The van der Waals surface area contributed by atoms with Crippen molar-refractivity contribution in [3.63, 3.8) is 0 Å². The van der Waals surface area contributed by atoms with Gasteiger partial charge in [-0.2, -0.15) is 0 Å². The van der Waals surface area contributed by atoms with Crippen LogP contribution in [0.2, 0.25) is 5.02 Å². The molecule has 132 valence electrons. The third-order valence-electron chi connectivity index (χ3n) is 3.24. The first-order valence-corrected chi connectivity index (χ1v) is 7.96. The van der Waals surface area contributed by atoms with Gasteiger partial charge in [-0.05, 0) is 31.2 Å². The standard InChI is InChI=1S/C18H17ClFNO4/c1-12(21-17(22)13-6-2-3-7-14(13)19)18(23)25-11-10-24-16-9-5-4-8-15(16)20/h2-9,12H,10-11H2,1H3,(H,21,22)/t12-/m0/s1. The molecule has 1 amide bonds. The van der Waals surface area contributed by atoms with E-state index in [4.69, 9.17) is 21.1 Å². The lowest BCUT2D eigenvalue weighted by Gasteiger charge is -2.14. The van der Waals surface area contributed by atoms with Crippen molar-refractivity contribution in [3.05, 3.63) is 64.9 Å². The summed E-state index contributed by atoms with van der Waals surface area (Å²) in [5, 5.41) is 2.80. The zero-order valence-electron chi connectivity index (χ0n) is 13.5. The van der Waals surface area contributed by atoms with E-state index in [1.165, 1.54) is 19.1 Å². The molecule has 7 heteroatoms. The van der Waals surface area contributed by atoms with Crippen LogP contribution in [-0.2, 0) is 9.53 Å². The molecule has 0 fully saturated rings. The summed E-state index contributed by atoms with van der Waals surface area (Å²) in [4.78, 5) is 23.9. The molecule has 0 unspecified atom stereocenters. The first kappa shape index (κ1) is 18.7. The third kappa shape index (κ3) is 5.46. The average molecular weight is 366 g/mol. The van der Waals surface area contributed by atoms with Crippen molar-refractivity contribution >= 4 is 23.5 Å². The fourth-order valence-electron chi connectivity index (χ4n) is 1.96. The van der Waals surface area contributed by atoms with Crippen molar-refractivity contribution in [1.82, 2.24) is 5.32 Å². The first-order valence-electron chi connectivity index (χ1n) is 7.58. The molecule has 0 aliphatic rings. The number of carbonyl (C=O) groups excluding carboxylic acids is 2. The summed E-state index contributed by atoms with van der Waals surface area (Å²) >= 11 is 5.93. The van der Waals surface area contributed by atoms with Crippen LogP contribution in [0.1, 0.15) is 17.3 Å². The summed E-state index contributed by atoms with van der Waals surface area (Å²) in [5.41, 5.74) is 0.270. The predicted molar refractivity (Wildman–Crippen MR) is 91.2 cm³/mol. The molecule has 0 spiro atoms. The molecule has 0 aliphatic heterocycles. The molecule has 25 heavy (non-hydrogen) atoms. The Morgan fingerprint density at radius 1 is 1.12 bits per heavy atom. The molecule has 0 bridgehead atoms. The van der Waals surface area contributed by atoms with E-state index < -0.39 is 23.7 Å². The third-order valence-corrected chi connectivity index (χ3v) is 3.57. The number of amides is 1. The van der Waals surface area contributed by atoms with E-state index in [2.05, 4.69) is 5.32 Å². The van der Waals surface area contributed by atoms with Crippen LogP contribution in [0.3, 0.4) is 0 Å². The maximum Gasteiger partial charge on any atom is 0.328 e. The summed E-state index contributed by atoms with van der Waals surface area (Å²) in [7, 11) is 0. The molecule has 2 aromatic carbocycles. The van der Waals surface area contributed by atoms with Crippen molar-refractivity contribution < 1.29 is 23.5 Å². The minimum atomic E-state index is -0.864. The van der Waals surface area contributed by atoms with E-state index in [-0.39, 0.29) is 24.5 Å². The van der Waals surface area contributed by atoms with Gasteiger partial charge in [0, 0.05) is 0 Å². The van der Waals surface area contributed by atoms with E-state index in [1.54, 1.807) is 36.4 Å². The van der Waals surface area contributed by atoms with Crippen LogP contribution in [-0.4, -0.2) is 31.1 Å². The summed E-state index contributed by atoms with van der Waals surface area (Å²) in [6.07, 6.45) is 0. The Morgan fingerprint density at radius 2 is 1.80 bits per heavy atom. The highest BCUT2D eigenvalue weighted by atomic mass is 35.5. The molecule has 1 atom stereocenters. The van der Waals surface area contributed by atoms with Gasteiger partial charge in [0.05, 0.1) is 10.6 Å². The maximum atomic E-state index is 13.3. The molecule has 2 aromatic rings. The van der Waals surface area contributed by atoms with Gasteiger partial charge in [-0.1, -0.05) is 35.9 Å². The van der Waals surface area contributed by atoms with Gasteiger partial charge < -0.3 is 14.8 Å². The van der Waals surface area contributed by atoms with Gasteiger partial charge in [0.1, 0.15) is 19.3 Å². The molecule has 0 radical (unpaired) electrons. The molecule has 5 nitrogen and oxygen atoms in total. The number of hydrogen-bond donors (Lipinski definition) is 1. The number of ether oxygens (including phenoxy) is 2. The largest absolute Gasteiger partial charge is 0.487 e. The molecule has 0 aromatic heterocycles. The highest BCUT2D eigenvalue weighted by molar-refractivity contribution is 6.33. The normalized spacial score (nSPS) is 11.5. The van der Waals surface area contributed by atoms with E-state index >= 15 is 0 Å². The molecule has 0 aliphatic carbocycles. The minimum Gasteiger partial charge on any atom is -0.487 e.